The number of carbonyl (C=O) groups excluding carboxylic acids is 3. The van der Waals surface area contributed by atoms with Crippen LogP contribution in [0.25, 0.3) is 0 Å². The largest absolute Gasteiger partial charge is 0.338 e. The van der Waals surface area contributed by atoms with Crippen LogP contribution in [0.4, 0.5) is 4.79 Å². The molecule has 5 rings (SSSR count). The first-order valence-electron chi connectivity index (χ1n) is 9.17. The topological polar surface area (TPSA) is 60.9 Å². The van der Waals surface area contributed by atoms with Gasteiger partial charge in [0, 0.05) is 12.6 Å². The Morgan fingerprint density at radius 2 is 1.48 bits per heavy atom. The summed E-state index contributed by atoms with van der Waals surface area (Å²) >= 11 is 0. The van der Waals surface area contributed by atoms with Gasteiger partial charge in [-0.1, -0.05) is 30.3 Å². The number of hydrogen-bond donors (Lipinski definition) is 0. The summed E-state index contributed by atoms with van der Waals surface area (Å²) in [4.78, 5) is 43.5. The van der Waals surface area contributed by atoms with E-state index < -0.39 is 12.1 Å². The molecular weight excluding hydrogens is 318 g/mol. The van der Waals surface area contributed by atoms with E-state index in [2.05, 4.69) is 0 Å². The fourth-order valence-corrected chi connectivity index (χ4v) is 4.66. The zero-order valence-electron chi connectivity index (χ0n) is 14.0. The number of hydrogen-bond acceptors (Lipinski definition) is 3. The molecule has 0 bridgehead atoms. The van der Waals surface area contributed by atoms with Crippen LogP contribution in [-0.2, 0) is 9.59 Å². The molecule has 3 heterocycles. The Bertz CT molecular complexity index is 746. The van der Waals surface area contributed by atoms with Crippen molar-refractivity contribution in [3.05, 3.63) is 35.9 Å². The number of carbonyl (C=O) groups is 3. The summed E-state index contributed by atoms with van der Waals surface area (Å²) in [5.74, 6) is -0.221. The summed E-state index contributed by atoms with van der Waals surface area (Å²) in [6.07, 6.45) is 4.14. The van der Waals surface area contributed by atoms with E-state index in [4.69, 9.17) is 0 Å². The Labute approximate surface area is 146 Å². The first-order valence-corrected chi connectivity index (χ1v) is 9.17. The molecule has 1 aromatic carbocycles. The van der Waals surface area contributed by atoms with E-state index in [0.717, 1.165) is 24.8 Å². The first kappa shape index (κ1) is 14.9. The van der Waals surface area contributed by atoms with Crippen LogP contribution in [0.5, 0.6) is 0 Å². The third-order valence-electron chi connectivity index (χ3n) is 6.03. The van der Waals surface area contributed by atoms with E-state index in [1.54, 1.807) is 4.90 Å². The summed E-state index contributed by atoms with van der Waals surface area (Å²) in [6, 6.07) is 8.86. The van der Waals surface area contributed by atoms with E-state index in [0.29, 0.717) is 25.4 Å². The number of amides is 4. The quantitative estimate of drug-likeness (QED) is 0.791. The Morgan fingerprint density at radius 3 is 2.20 bits per heavy atom. The average Bonchev–Trinajstić information content (AvgIpc) is 3.18. The molecule has 1 saturated carbocycles. The van der Waals surface area contributed by atoms with Gasteiger partial charge in [0.2, 0.25) is 5.91 Å². The molecule has 0 N–H and O–H groups in total. The molecule has 6 heteroatoms. The molecule has 4 amide bonds. The van der Waals surface area contributed by atoms with Crippen LogP contribution in [0.15, 0.2) is 30.3 Å². The minimum atomic E-state index is -0.595. The van der Waals surface area contributed by atoms with E-state index in [9.17, 15) is 14.4 Å². The fourth-order valence-electron chi connectivity index (χ4n) is 4.66. The number of urea groups is 1. The summed E-state index contributed by atoms with van der Waals surface area (Å²) in [5.41, 5.74) is 1.06. The lowest BCUT2D eigenvalue weighted by atomic mass is 10.0. The molecule has 1 aliphatic carbocycles. The second-order valence-corrected chi connectivity index (χ2v) is 7.48. The van der Waals surface area contributed by atoms with E-state index in [1.807, 2.05) is 35.2 Å². The maximum Gasteiger partial charge on any atom is 0.328 e. The highest BCUT2D eigenvalue weighted by Gasteiger charge is 2.57. The molecule has 130 valence electrons. The lowest BCUT2D eigenvalue weighted by Crippen LogP contribution is -2.46. The Kier molecular flexibility index (Phi) is 3.17. The third kappa shape index (κ3) is 2.12. The van der Waals surface area contributed by atoms with Crippen molar-refractivity contribution < 1.29 is 14.4 Å². The van der Waals surface area contributed by atoms with Crippen molar-refractivity contribution in [3.8, 4) is 0 Å². The SMILES string of the molecule is O=C1C(N2C(=O)[C@@H]3CC[C@@H](c4ccccc4)N3C2=O)CCN1C1CC1. The second-order valence-electron chi connectivity index (χ2n) is 7.48. The number of fused-ring (bicyclic) bond motifs is 1. The highest BCUT2D eigenvalue weighted by molar-refractivity contribution is 6.08. The van der Waals surface area contributed by atoms with E-state index >= 15 is 0 Å². The van der Waals surface area contributed by atoms with Crippen LogP contribution in [0.1, 0.15) is 43.7 Å². The van der Waals surface area contributed by atoms with E-state index in [-0.39, 0.29) is 23.9 Å². The highest BCUT2D eigenvalue weighted by atomic mass is 16.2. The van der Waals surface area contributed by atoms with Crippen molar-refractivity contribution in [1.29, 1.82) is 0 Å². The zero-order valence-corrected chi connectivity index (χ0v) is 14.0. The number of rotatable bonds is 3. The molecule has 3 saturated heterocycles. The van der Waals surface area contributed by atoms with Crippen molar-refractivity contribution in [1.82, 2.24) is 14.7 Å². The van der Waals surface area contributed by atoms with Gasteiger partial charge in [-0.15, -0.1) is 0 Å². The van der Waals surface area contributed by atoms with Crippen molar-refractivity contribution in [2.75, 3.05) is 6.54 Å². The molecule has 4 fully saturated rings. The maximum absolute atomic E-state index is 13.1. The normalized spacial score (nSPS) is 32.1. The maximum atomic E-state index is 13.1. The van der Waals surface area contributed by atoms with Gasteiger partial charge < -0.3 is 9.80 Å². The number of likely N-dealkylation sites (tertiary alicyclic amines) is 1. The summed E-state index contributed by atoms with van der Waals surface area (Å²) in [5, 5.41) is 0. The van der Waals surface area contributed by atoms with Crippen molar-refractivity contribution >= 4 is 17.8 Å². The molecule has 6 nitrogen and oxygen atoms in total. The molecule has 0 spiro atoms. The minimum absolute atomic E-state index is 0.0402. The second kappa shape index (κ2) is 5.31. The first-order chi connectivity index (χ1) is 12.2. The van der Waals surface area contributed by atoms with Gasteiger partial charge in [-0.25, -0.2) is 9.69 Å². The third-order valence-corrected chi connectivity index (χ3v) is 6.03. The molecule has 4 aliphatic rings. The number of imide groups is 1. The van der Waals surface area contributed by atoms with Gasteiger partial charge in [0.05, 0.1) is 6.04 Å². The molecule has 1 aromatic rings. The lowest BCUT2D eigenvalue weighted by Gasteiger charge is -2.26. The number of nitrogens with zero attached hydrogens (tertiary/aromatic N) is 3. The van der Waals surface area contributed by atoms with Crippen LogP contribution in [0.3, 0.4) is 0 Å². The predicted octanol–water partition coefficient (Wildman–Crippen LogP) is 1.92. The summed E-state index contributed by atoms with van der Waals surface area (Å²) in [7, 11) is 0. The van der Waals surface area contributed by atoms with Gasteiger partial charge in [0.25, 0.3) is 5.91 Å². The molecule has 1 unspecified atom stereocenters. The van der Waals surface area contributed by atoms with Crippen LogP contribution in [0, 0.1) is 0 Å². The van der Waals surface area contributed by atoms with Crippen LogP contribution in [0.2, 0.25) is 0 Å². The molecule has 0 radical (unpaired) electrons. The molecule has 0 aromatic heterocycles. The smallest absolute Gasteiger partial charge is 0.328 e. The van der Waals surface area contributed by atoms with Crippen molar-refractivity contribution in [2.24, 2.45) is 0 Å². The van der Waals surface area contributed by atoms with Gasteiger partial charge in [0.15, 0.2) is 0 Å². The molecule has 3 aliphatic heterocycles. The fraction of sp³-hybridized carbons (Fsp3) is 0.526. The minimum Gasteiger partial charge on any atom is -0.338 e. The zero-order chi connectivity index (χ0) is 17.1. The summed E-state index contributed by atoms with van der Waals surface area (Å²) < 4.78 is 0. The van der Waals surface area contributed by atoms with Gasteiger partial charge in [-0.05, 0) is 37.7 Å². The average molecular weight is 339 g/mol. The van der Waals surface area contributed by atoms with Gasteiger partial charge in [-0.2, -0.15) is 0 Å². The van der Waals surface area contributed by atoms with Gasteiger partial charge in [-0.3, -0.25) is 9.59 Å². The Balaban J connectivity index is 1.42. The van der Waals surface area contributed by atoms with Crippen molar-refractivity contribution in [2.45, 2.75) is 56.3 Å². The Hall–Kier alpha value is -2.37. The monoisotopic (exact) mass is 339 g/mol. The molecular formula is C19H21N3O3. The van der Waals surface area contributed by atoms with Crippen LogP contribution >= 0.6 is 0 Å². The van der Waals surface area contributed by atoms with Gasteiger partial charge in [0.1, 0.15) is 12.1 Å². The van der Waals surface area contributed by atoms with E-state index in [1.165, 1.54) is 4.90 Å². The summed E-state index contributed by atoms with van der Waals surface area (Å²) in [6.45, 7) is 0.665. The molecule has 3 atom stereocenters. The van der Waals surface area contributed by atoms with Crippen LogP contribution in [-0.4, -0.2) is 57.2 Å². The Morgan fingerprint density at radius 1 is 0.760 bits per heavy atom. The number of benzene rings is 1. The molecule has 25 heavy (non-hydrogen) atoms. The predicted molar refractivity (Wildman–Crippen MR) is 89.4 cm³/mol. The lowest BCUT2D eigenvalue weighted by molar-refractivity contribution is -0.138. The van der Waals surface area contributed by atoms with Crippen LogP contribution < -0.4 is 0 Å². The highest BCUT2D eigenvalue weighted by Crippen LogP contribution is 2.43. The van der Waals surface area contributed by atoms with Gasteiger partial charge >= 0.3 is 6.03 Å². The van der Waals surface area contributed by atoms with Crippen molar-refractivity contribution in [3.63, 3.8) is 0 Å². The standard InChI is InChI=1S/C19H21N3O3/c23-17-16(10-11-20(17)13-6-7-13)22-18(24)15-9-8-14(21(15)19(22)25)12-4-2-1-3-5-12/h1-5,13-16H,6-11H2/t14-,15-,16?/m0/s1.